The quantitative estimate of drug-likeness (QED) is 0.653. The van der Waals surface area contributed by atoms with Gasteiger partial charge in [-0.25, -0.2) is 4.79 Å². The number of hydrogen-bond acceptors (Lipinski definition) is 3. The smallest absolute Gasteiger partial charge is 0.328 e. The zero-order chi connectivity index (χ0) is 9.68. The molecule has 3 heteroatoms. The second-order valence-corrected chi connectivity index (χ2v) is 2.24. The standard InChI is InChI=1S/C9H8O3/c10-8-4-1-7(2-5-8)3-6-9(11)12/h1-6,10H,(H,11,12)/b6-3+/i/hD. The summed E-state index contributed by atoms with van der Waals surface area (Å²) in [6.07, 6.45) is 2.63. The summed E-state index contributed by atoms with van der Waals surface area (Å²) >= 11 is 0. The molecule has 0 amide bonds. The number of phenols is 1. The fourth-order valence-corrected chi connectivity index (χ4v) is 0.750. The lowest BCUT2D eigenvalue weighted by molar-refractivity contribution is -0.131. The zero-order valence-electron chi connectivity index (χ0n) is 7.23. The van der Waals surface area contributed by atoms with E-state index < -0.39 is 5.97 Å². The average Bonchev–Trinajstić information content (AvgIpc) is 2.16. The molecule has 0 aliphatic rings. The predicted octanol–water partition coefficient (Wildman–Crippen LogP) is 1.49. The molecular formula is C9H8O3. The van der Waals surface area contributed by atoms with Gasteiger partial charge in [-0.2, -0.15) is 0 Å². The number of benzene rings is 1. The van der Waals surface area contributed by atoms with Crippen molar-refractivity contribution < 1.29 is 15.0 Å². The third-order valence-corrected chi connectivity index (χ3v) is 1.30. The Morgan fingerprint density at radius 2 is 2.08 bits per heavy atom. The van der Waals surface area contributed by atoms with Crippen molar-refractivity contribution in [2.75, 3.05) is 0 Å². The second kappa shape index (κ2) is 3.57. The van der Waals surface area contributed by atoms with Gasteiger partial charge in [-0.3, -0.25) is 0 Å². The Morgan fingerprint density at radius 3 is 2.67 bits per heavy atom. The van der Waals surface area contributed by atoms with E-state index in [2.05, 4.69) is 5.11 Å². The number of carboxylic acids is 1. The fraction of sp³-hybridized carbons (Fsp3) is 0. The van der Waals surface area contributed by atoms with Gasteiger partial charge in [0, 0.05) is 6.08 Å². The van der Waals surface area contributed by atoms with Crippen LogP contribution in [0.25, 0.3) is 7.51 Å². The fourth-order valence-electron chi connectivity index (χ4n) is 0.750. The number of aliphatic carboxylic acids is 1. The Morgan fingerprint density at radius 1 is 1.42 bits per heavy atom. The van der Waals surface area contributed by atoms with Crippen molar-refractivity contribution in [1.29, 1.82) is 1.43 Å². The maximum atomic E-state index is 10.5. The third kappa shape index (κ3) is 2.46. The highest BCUT2D eigenvalue weighted by Crippen LogP contribution is 2.10. The first-order valence-electron chi connectivity index (χ1n) is 3.77. The minimum Gasteiger partial charge on any atom is -0.508 e. The molecule has 3 nitrogen and oxygen atoms in total. The molecule has 0 bridgehead atoms. The van der Waals surface area contributed by atoms with Crippen molar-refractivity contribution in [3.63, 3.8) is 0 Å². The molecule has 0 spiro atoms. The van der Waals surface area contributed by atoms with Crippen LogP contribution in [0.1, 0.15) is 5.56 Å². The first kappa shape index (κ1) is 6.91. The monoisotopic (exact) mass is 165 g/mol. The lowest BCUT2D eigenvalue weighted by Crippen LogP contribution is -1.85. The Balaban J connectivity index is 2.69. The van der Waals surface area contributed by atoms with Gasteiger partial charge in [-0.15, -0.1) is 0 Å². The van der Waals surface area contributed by atoms with Crippen LogP contribution >= 0.6 is 0 Å². The molecule has 0 saturated carbocycles. The maximum absolute atomic E-state index is 10.5. The van der Waals surface area contributed by atoms with Crippen molar-refractivity contribution in [2.45, 2.75) is 0 Å². The summed E-state index contributed by atoms with van der Waals surface area (Å²) in [5.74, 6) is -0.562. The molecule has 0 aliphatic carbocycles. The van der Waals surface area contributed by atoms with Gasteiger partial charge in [0.25, 0.3) is 1.43 Å². The molecule has 2 N–H and O–H groups in total. The van der Waals surface area contributed by atoms with Crippen LogP contribution in [0.15, 0.2) is 30.3 Å². The minimum absolute atomic E-state index is 0.167. The molecule has 0 aromatic heterocycles. The molecule has 0 fully saturated rings. The van der Waals surface area contributed by atoms with Gasteiger partial charge >= 0.3 is 5.97 Å². The van der Waals surface area contributed by atoms with Crippen LogP contribution in [0.3, 0.4) is 0 Å². The summed E-state index contributed by atoms with van der Waals surface area (Å²) in [7, 11) is 0. The summed E-state index contributed by atoms with van der Waals surface area (Å²) in [5, 5.41) is 12.6. The Kier molecular flexibility index (Phi) is 2.06. The van der Waals surface area contributed by atoms with E-state index in [0.29, 0.717) is 0 Å². The van der Waals surface area contributed by atoms with Crippen molar-refractivity contribution in [3.05, 3.63) is 35.9 Å². The molecule has 1 aromatic rings. The minimum atomic E-state index is -0.729. The van der Waals surface area contributed by atoms with Crippen LogP contribution in [0.5, 0.6) is 5.75 Å². The van der Waals surface area contributed by atoms with Crippen molar-refractivity contribution in [3.8, 4) is 5.75 Å². The molecule has 0 heterocycles. The summed E-state index contributed by atoms with van der Waals surface area (Å²) in [5.41, 5.74) is 0.753. The van der Waals surface area contributed by atoms with E-state index in [1.165, 1.54) is 18.2 Å². The van der Waals surface area contributed by atoms with Crippen LogP contribution in [0, 0.1) is 0 Å². The highest BCUT2D eigenvalue weighted by atomic mass is 16.4. The maximum Gasteiger partial charge on any atom is 0.328 e. The van der Waals surface area contributed by atoms with Crippen LogP contribution in [0.2, 0.25) is 0 Å². The van der Waals surface area contributed by atoms with E-state index in [-0.39, 0.29) is 5.75 Å². The van der Waals surface area contributed by atoms with Crippen molar-refractivity contribution in [2.24, 2.45) is 0 Å². The average molecular weight is 165 g/mol. The molecule has 0 unspecified atom stereocenters. The number of carbonyl (C=O) groups is 1. The number of phenolic OH excluding ortho intramolecular Hbond substituents is 1. The van der Waals surface area contributed by atoms with Crippen LogP contribution in [-0.4, -0.2) is 16.2 Å². The molecule has 0 saturated heterocycles. The Labute approximate surface area is 71.1 Å². The van der Waals surface area contributed by atoms with Gasteiger partial charge < -0.3 is 10.2 Å². The Hall–Kier alpha value is -1.77. The zero-order valence-corrected chi connectivity index (χ0v) is 6.23. The third-order valence-electron chi connectivity index (χ3n) is 1.30. The van der Waals surface area contributed by atoms with Gasteiger partial charge in [0.15, 0.2) is 0 Å². The van der Waals surface area contributed by atoms with E-state index in [1.54, 1.807) is 12.1 Å². The summed E-state index contributed by atoms with van der Waals surface area (Å²) in [4.78, 5) is 10.5. The number of aromatic hydroxyl groups is 1. The number of carboxylic acid groups (broad SMARTS) is 1. The van der Waals surface area contributed by atoms with Gasteiger partial charge in [-0.1, -0.05) is 12.1 Å². The Bertz CT molecular complexity index is 316. The van der Waals surface area contributed by atoms with Gasteiger partial charge in [-0.05, 0) is 23.8 Å². The van der Waals surface area contributed by atoms with E-state index in [4.69, 9.17) is 6.54 Å². The normalized spacial score (nSPS) is 11.2. The SMILES string of the molecule is [2H]OC(=O)/C=C/c1ccc(O)cc1. The second-order valence-electron chi connectivity index (χ2n) is 2.24. The first-order valence-corrected chi connectivity index (χ1v) is 3.36. The lowest BCUT2D eigenvalue weighted by atomic mass is 10.2. The lowest BCUT2D eigenvalue weighted by Gasteiger charge is -1.92. The molecule has 0 aliphatic heterocycles. The number of hydrogen-bond donors (Lipinski definition) is 2. The van der Waals surface area contributed by atoms with Gasteiger partial charge in [0.1, 0.15) is 5.75 Å². The van der Waals surface area contributed by atoms with E-state index in [0.717, 1.165) is 11.6 Å². The molecule has 12 heavy (non-hydrogen) atoms. The molecule has 62 valence electrons. The highest BCUT2D eigenvalue weighted by Gasteiger charge is 1.89. The predicted molar refractivity (Wildman–Crippen MR) is 44.8 cm³/mol. The summed E-state index contributed by atoms with van der Waals surface area (Å²) in [6, 6.07) is 6.30. The molecule has 0 atom stereocenters. The van der Waals surface area contributed by atoms with Crippen LogP contribution in [0.4, 0.5) is 0 Å². The van der Waals surface area contributed by atoms with E-state index in [9.17, 15) is 4.79 Å². The molecule has 0 radical (unpaired) electrons. The molecule has 1 rings (SSSR count). The first-order chi connectivity index (χ1) is 6.22. The van der Waals surface area contributed by atoms with Gasteiger partial charge in [0.05, 0.1) is 0 Å². The van der Waals surface area contributed by atoms with Crippen LogP contribution < -0.4 is 0 Å². The van der Waals surface area contributed by atoms with Crippen molar-refractivity contribution in [1.82, 2.24) is 0 Å². The van der Waals surface area contributed by atoms with Gasteiger partial charge in [0.2, 0.25) is 0 Å². The largest absolute Gasteiger partial charge is 0.508 e. The van der Waals surface area contributed by atoms with Crippen molar-refractivity contribution >= 4 is 12.0 Å². The van der Waals surface area contributed by atoms with E-state index >= 15 is 0 Å². The van der Waals surface area contributed by atoms with Crippen LogP contribution in [-0.2, 0) is 4.79 Å². The molecular weight excluding hydrogens is 156 g/mol. The number of rotatable bonds is 2. The highest BCUT2D eigenvalue weighted by molar-refractivity contribution is 5.85. The topological polar surface area (TPSA) is 57.5 Å². The summed E-state index contributed by atoms with van der Waals surface area (Å²) in [6.45, 7) is 0. The molecule has 1 aromatic carbocycles. The van der Waals surface area contributed by atoms with E-state index in [1.807, 2.05) is 0 Å². The summed E-state index contributed by atoms with van der Waals surface area (Å²) < 4.78 is 6.27.